The maximum absolute atomic E-state index is 12.0. The predicted molar refractivity (Wildman–Crippen MR) is 83.9 cm³/mol. The fourth-order valence-electron chi connectivity index (χ4n) is 1.75. The van der Waals surface area contributed by atoms with Crippen LogP contribution in [0.4, 0.5) is 5.82 Å². The Labute approximate surface area is 128 Å². The van der Waals surface area contributed by atoms with Crippen LogP contribution in [0.3, 0.4) is 0 Å². The minimum atomic E-state index is -0.578. The molecule has 0 amide bonds. The molecular formula is C16H16N4O2. The lowest BCUT2D eigenvalue weighted by molar-refractivity contribution is 0.0465. The second kappa shape index (κ2) is 7.21. The average molecular weight is 296 g/mol. The van der Waals surface area contributed by atoms with Gasteiger partial charge in [0, 0.05) is 6.21 Å². The van der Waals surface area contributed by atoms with E-state index in [0.29, 0.717) is 5.82 Å². The first-order valence-corrected chi connectivity index (χ1v) is 6.74. The molecule has 6 nitrogen and oxygen atoms in total. The molecule has 1 aromatic heterocycles. The molecule has 22 heavy (non-hydrogen) atoms. The third-order valence-corrected chi connectivity index (χ3v) is 2.78. The van der Waals surface area contributed by atoms with Crippen LogP contribution < -0.4 is 0 Å². The van der Waals surface area contributed by atoms with Crippen molar-refractivity contribution in [3.63, 3.8) is 0 Å². The lowest BCUT2D eigenvalue weighted by Crippen LogP contribution is -2.11. The zero-order chi connectivity index (χ0) is 15.9. The number of esters is 1. The van der Waals surface area contributed by atoms with E-state index in [0.717, 1.165) is 5.56 Å². The molecule has 1 aromatic carbocycles. The molecule has 0 saturated carbocycles. The van der Waals surface area contributed by atoms with Gasteiger partial charge in [-0.05, 0) is 19.4 Å². The van der Waals surface area contributed by atoms with Crippen LogP contribution >= 0.6 is 0 Å². The van der Waals surface area contributed by atoms with Crippen molar-refractivity contribution in [2.45, 2.75) is 20.5 Å². The number of hydrogen-bond donors (Lipinski definition) is 1. The summed E-state index contributed by atoms with van der Waals surface area (Å²) < 4.78 is 5.20. The van der Waals surface area contributed by atoms with E-state index in [1.54, 1.807) is 20.1 Å². The summed E-state index contributed by atoms with van der Waals surface area (Å²) in [4.78, 5) is 24.3. The fourth-order valence-corrected chi connectivity index (χ4v) is 1.75. The van der Waals surface area contributed by atoms with Gasteiger partial charge in [-0.15, -0.1) is 0 Å². The van der Waals surface area contributed by atoms with Crippen LogP contribution in [0.2, 0.25) is 0 Å². The highest BCUT2D eigenvalue weighted by molar-refractivity contribution is 5.99. The molecule has 1 heterocycles. The maximum Gasteiger partial charge on any atom is 0.358 e. The third kappa shape index (κ3) is 3.82. The molecule has 112 valence electrons. The molecule has 0 aliphatic heterocycles. The minimum Gasteiger partial charge on any atom is -0.456 e. The van der Waals surface area contributed by atoms with Crippen molar-refractivity contribution in [3.05, 3.63) is 53.5 Å². The molecule has 0 atom stereocenters. The monoisotopic (exact) mass is 296 g/mol. The van der Waals surface area contributed by atoms with Gasteiger partial charge >= 0.3 is 5.97 Å². The van der Waals surface area contributed by atoms with Gasteiger partial charge < -0.3 is 10.1 Å². The van der Waals surface area contributed by atoms with E-state index in [4.69, 9.17) is 10.1 Å². The van der Waals surface area contributed by atoms with Crippen LogP contribution in [0.1, 0.15) is 35.6 Å². The van der Waals surface area contributed by atoms with Gasteiger partial charge in [0.25, 0.3) is 0 Å². The molecule has 0 saturated heterocycles. The molecule has 0 spiro atoms. The summed E-state index contributed by atoms with van der Waals surface area (Å²) >= 11 is 0. The number of hydrogen-bond acceptors (Lipinski definition) is 6. The summed E-state index contributed by atoms with van der Waals surface area (Å²) in [5, 5.41) is 7.70. The van der Waals surface area contributed by atoms with E-state index < -0.39 is 5.97 Å². The molecule has 6 heteroatoms. The van der Waals surface area contributed by atoms with Crippen molar-refractivity contribution < 1.29 is 9.53 Å². The minimum absolute atomic E-state index is 0.0626. The van der Waals surface area contributed by atoms with Gasteiger partial charge in [0.15, 0.2) is 11.5 Å². The highest BCUT2D eigenvalue weighted by Crippen LogP contribution is 2.15. The second-order valence-corrected chi connectivity index (χ2v) is 4.50. The lowest BCUT2D eigenvalue weighted by Gasteiger charge is -2.07. The van der Waals surface area contributed by atoms with E-state index >= 15 is 0 Å². The number of aliphatic imine (C=N–C) groups is 1. The third-order valence-electron chi connectivity index (χ3n) is 2.78. The molecule has 2 rings (SSSR count). The Morgan fingerprint density at radius 3 is 2.73 bits per heavy atom. The van der Waals surface area contributed by atoms with Gasteiger partial charge in [-0.25, -0.2) is 19.8 Å². The smallest absolute Gasteiger partial charge is 0.358 e. The lowest BCUT2D eigenvalue weighted by atomic mass is 10.2. The maximum atomic E-state index is 12.0. The highest BCUT2D eigenvalue weighted by Gasteiger charge is 2.15. The number of rotatable bonds is 5. The fraction of sp³-hybridized carbons (Fsp3) is 0.188. The number of nitrogens with zero attached hydrogens (tertiary/aromatic N) is 3. The van der Waals surface area contributed by atoms with Gasteiger partial charge in [-0.3, -0.25) is 0 Å². The number of aromatic nitrogens is 2. The largest absolute Gasteiger partial charge is 0.456 e. The molecule has 0 fully saturated rings. The van der Waals surface area contributed by atoms with Gasteiger partial charge in [-0.2, -0.15) is 0 Å². The van der Waals surface area contributed by atoms with Gasteiger partial charge in [0.05, 0.1) is 11.9 Å². The van der Waals surface area contributed by atoms with Crippen LogP contribution in [0.15, 0.2) is 41.5 Å². The van der Waals surface area contributed by atoms with E-state index in [9.17, 15) is 4.79 Å². The van der Waals surface area contributed by atoms with Gasteiger partial charge in [0.2, 0.25) is 0 Å². The summed E-state index contributed by atoms with van der Waals surface area (Å²) in [6, 6.07) is 9.37. The number of ether oxygens (including phenoxy) is 1. The number of benzene rings is 1. The normalized spacial score (nSPS) is 10.6. The van der Waals surface area contributed by atoms with Crippen molar-refractivity contribution in [2.24, 2.45) is 4.99 Å². The summed E-state index contributed by atoms with van der Waals surface area (Å²) in [5.74, 6) is -0.263. The van der Waals surface area contributed by atoms with Crippen LogP contribution in [0.25, 0.3) is 0 Å². The summed E-state index contributed by atoms with van der Waals surface area (Å²) in [6.45, 7) is 3.47. The zero-order valence-corrected chi connectivity index (χ0v) is 12.4. The second-order valence-electron chi connectivity index (χ2n) is 4.50. The van der Waals surface area contributed by atoms with E-state index in [1.165, 1.54) is 6.20 Å². The van der Waals surface area contributed by atoms with E-state index in [2.05, 4.69) is 15.0 Å². The molecule has 0 radical (unpaired) electrons. The molecule has 0 aliphatic rings. The number of carbonyl (C=O) groups is 1. The molecule has 0 bridgehead atoms. The van der Waals surface area contributed by atoms with Crippen molar-refractivity contribution >= 4 is 23.7 Å². The van der Waals surface area contributed by atoms with Crippen molar-refractivity contribution in [3.8, 4) is 0 Å². The molecule has 0 unspecified atom stereocenters. The Morgan fingerprint density at radius 2 is 2.09 bits per heavy atom. The van der Waals surface area contributed by atoms with Gasteiger partial charge in [0.1, 0.15) is 12.3 Å². The summed E-state index contributed by atoms with van der Waals surface area (Å²) in [5.41, 5.74) is 1.41. The predicted octanol–water partition coefficient (Wildman–Crippen LogP) is 2.94. The van der Waals surface area contributed by atoms with Crippen LogP contribution in [0.5, 0.6) is 0 Å². The highest BCUT2D eigenvalue weighted by atomic mass is 16.5. The summed E-state index contributed by atoms with van der Waals surface area (Å²) in [6.07, 6.45) is 2.87. The van der Waals surface area contributed by atoms with E-state index in [-0.39, 0.29) is 23.7 Å². The summed E-state index contributed by atoms with van der Waals surface area (Å²) in [7, 11) is 0. The topological polar surface area (TPSA) is 88.3 Å². The Balaban J connectivity index is 2.16. The number of carbonyl (C=O) groups excluding carboxylic acids is 1. The molecule has 0 aliphatic carbocycles. The number of nitrogens with one attached hydrogen (secondary N) is 1. The average Bonchev–Trinajstić information content (AvgIpc) is 2.54. The van der Waals surface area contributed by atoms with Crippen LogP contribution in [-0.2, 0) is 11.3 Å². The molecular weight excluding hydrogens is 280 g/mol. The first kappa shape index (κ1) is 15.5. The van der Waals surface area contributed by atoms with Crippen LogP contribution in [0, 0.1) is 5.41 Å². The molecule has 1 N–H and O–H groups in total. The van der Waals surface area contributed by atoms with Crippen LogP contribution in [-0.4, -0.2) is 27.9 Å². The SMILES string of the molecule is C/C=N\c1ncc(C(=O)OCc2ccccc2)nc1C(C)=N. The first-order chi connectivity index (χ1) is 10.6. The zero-order valence-electron chi connectivity index (χ0n) is 12.4. The van der Waals surface area contributed by atoms with E-state index in [1.807, 2.05) is 30.3 Å². The van der Waals surface area contributed by atoms with Gasteiger partial charge in [-0.1, -0.05) is 30.3 Å². The van der Waals surface area contributed by atoms with Crippen molar-refractivity contribution in [2.75, 3.05) is 0 Å². The van der Waals surface area contributed by atoms with Crippen molar-refractivity contribution in [1.29, 1.82) is 5.41 Å². The molecule has 2 aromatic rings. The Morgan fingerprint density at radius 1 is 1.36 bits per heavy atom. The quantitative estimate of drug-likeness (QED) is 0.678. The van der Waals surface area contributed by atoms with Crippen molar-refractivity contribution in [1.82, 2.24) is 9.97 Å². The standard InChI is InChI=1S/C16H16N4O2/c1-3-18-15-14(11(2)17)20-13(9-19-15)16(21)22-10-12-7-5-4-6-8-12/h3-9,17H,10H2,1-2H3/b17-11?,18-3-. The Kier molecular flexibility index (Phi) is 5.08. The first-order valence-electron chi connectivity index (χ1n) is 6.74. The Bertz CT molecular complexity index is 711. The Hall–Kier alpha value is -2.89.